The highest BCUT2D eigenvalue weighted by molar-refractivity contribution is 5.31. The lowest BCUT2D eigenvalue weighted by Gasteiger charge is -2.28. The molecule has 1 saturated carbocycles. The number of ether oxygens (including phenoxy) is 4. The van der Waals surface area contributed by atoms with Crippen LogP contribution in [-0.2, 0) is 16.0 Å². The zero-order valence-corrected chi connectivity index (χ0v) is 20.3. The highest BCUT2D eigenvalue weighted by Gasteiger charge is 2.26. The maximum Gasteiger partial charge on any atom is 0.119 e. The number of aromatic amines is 1. The fourth-order valence-electron chi connectivity index (χ4n) is 4.23. The van der Waals surface area contributed by atoms with Crippen molar-refractivity contribution in [3.05, 3.63) is 41.7 Å². The van der Waals surface area contributed by atoms with Crippen LogP contribution in [0.5, 0.6) is 11.5 Å². The fraction of sp³-hybridized carbons (Fsp3) is 0.640. The monoisotopic (exact) mass is 460 g/mol. The van der Waals surface area contributed by atoms with Crippen molar-refractivity contribution in [3.8, 4) is 11.5 Å². The van der Waals surface area contributed by atoms with E-state index in [-0.39, 0.29) is 0 Å². The van der Waals surface area contributed by atoms with Crippen molar-refractivity contribution < 1.29 is 18.9 Å². The summed E-state index contributed by atoms with van der Waals surface area (Å²) in [6.07, 6.45) is 6.74. The first-order valence-electron chi connectivity index (χ1n) is 12.0. The van der Waals surface area contributed by atoms with Crippen LogP contribution in [0.15, 0.2) is 30.5 Å². The molecular weight excluding hydrogens is 420 g/mol. The van der Waals surface area contributed by atoms with Crippen molar-refractivity contribution in [1.82, 2.24) is 20.4 Å². The van der Waals surface area contributed by atoms with Crippen molar-refractivity contribution in [2.45, 2.75) is 44.2 Å². The third kappa shape index (κ3) is 8.62. The summed E-state index contributed by atoms with van der Waals surface area (Å²) < 4.78 is 22.5. The van der Waals surface area contributed by atoms with E-state index in [2.05, 4.69) is 33.7 Å². The van der Waals surface area contributed by atoms with E-state index in [4.69, 9.17) is 18.9 Å². The van der Waals surface area contributed by atoms with Crippen LogP contribution in [0.1, 0.15) is 42.9 Å². The number of nitrogens with one attached hydrogen (secondary N) is 2. The molecule has 0 radical (unpaired) electrons. The van der Waals surface area contributed by atoms with Gasteiger partial charge in [-0.15, -0.1) is 0 Å². The minimum Gasteiger partial charge on any atom is -0.491 e. The first-order valence-corrected chi connectivity index (χ1v) is 12.0. The van der Waals surface area contributed by atoms with Gasteiger partial charge in [0.15, 0.2) is 0 Å². The van der Waals surface area contributed by atoms with Gasteiger partial charge in [0.25, 0.3) is 0 Å². The molecule has 0 aliphatic heterocycles. The molecule has 0 bridgehead atoms. The van der Waals surface area contributed by atoms with Gasteiger partial charge in [0.05, 0.1) is 25.0 Å². The second kappa shape index (κ2) is 14.2. The lowest BCUT2D eigenvalue weighted by Crippen LogP contribution is -2.27. The van der Waals surface area contributed by atoms with Crippen LogP contribution in [0.4, 0.5) is 0 Å². The van der Waals surface area contributed by atoms with Gasteiger partial charge in [-0.1, -0.05) is 0 Å². The number of benzene rings is 1. The maximum atomic E-state index is 6.09. The number of methoxy groups -OCH3 is 1. The van der Waals surface area contributed by atoms with Gasteiger partial charge in [0.1, 0.15) is 24.7 Å². The third-order valence-electron chi connectivity index (χ3n) is 6.08. The Labute approximate surface area is 197 Å². The summed E-state index contributed by atoms with van der Waals surface area (Å²) in [6, 6.07) is 7.67. The largest absolute Gasteiger partial charge is 0.491 e. The molecule has 33 heavy (non-hydrogen) atoms. The SMILES string of the molecule is CNCCN(C)Cc1c[nH]nc1[C@H]1CC[C@@H](OCCOc2ccc(OCCOC)cc2)CC1. The average molecular weight is 461 g/mol. The highest BCUT2D eigenvalue weighted by Crippen LogP contribution is 2.34. The van der Waals surface area contributed by atoms with Gasteiger partial charge in [-0.3, -0.25) is 5.10 Å². The van der Waals surface area contributed by atoms with E-state index in [1.807, 2.05) is 31.3 Å². The molecule has 0 unspecified atom stereocenters. The zero-order chi connectivity index (χ0) is 23.3. The Bertz CT molecular complexity index is 775. The van der Waals surface area contributed by atoms with Gasteiger partial charge in [-0.2, -0.15) is 5.10 Å². The number of nitrogens with zero attached hydrogens (tertiary/aromatic N) is 2. The van der Waals surface area contributed by atoms with Crippen molar-refractivity contribution in [2.24, 2.45) is 0 Å². The van der Waals surface area contributed by atoms with Gasteiger partial charge >= 0.3 is 0 Å². The first-order chi connectivity index (χ1) is 16.2. The molecule has 1 aromatic carbocycles. The summed E-state index contributed by atoms with van der Waals surface area (Å²) in [5.41, 5.74) is 2.56. The minimum atomic E-state index is 0.308. The van der Waals surface area contributed by atoms with E-state index in [0.717, 1.165) is 56.8 Å². The third-order valence-corrected chi connectivity index (χ3v) is 6.08. The topological polar surface area (TPSA) is 80.9 Å². The van der Waals surface area contributed by atoms with Crippen molar-refractivity contribution in [2.75, 3.05) is 60.7 Å². The van der Waals surface area contributed by atoms with E-state index in [1.165, 1.54) is 11.3 Å². The molecule has 2 N–H and O–H groups in total. The van der Waals surface area contributed by atoms with Crippen LogP contribution in [0.3, 0.4) is 0 Å². The van der Waals surface area contributed by atoms with Crippen LogP contribution in [-0.4, -0.2) is 81.9 Å². The van der Waals surface area contributed by atoms with Crippen LogP contribution >= 0.6 is 0 Å². The van der Waals surface area contributed by atoms with Crippen molar-refractivity contribution in [3.63, 3.8) is 0 Å². The molecule has 1 fully saturated rings. The van der Waals surface area contributed by atoms with Crippen LogP contribution in [0, 0.1) is 0 Å². The molecular formula is C25H40N4O4. The summed E-state index contributed by atoms with van der Waals surface area (Å²) >= 11 is 0. The predicted molar refractivity (Wildman–Crippen MR) is 129 cm³/mol. The van der Waals surface area contributed by atoms with Crippen molar-refractivity contribution in [1.29, 1.82) is 0 Å². The molecule has 1 heterocycles. The molecule has 3 rings (SSSR count). The quantitative estimate of drug-likeness (QED) is 0.395. The van der Waals surface area contributed by atoms with Gasteiger partial charge < -0.3 is 29.2 Å². The number of rotatable bonds is 15. The minimum absolute atomic E-state index is 0.308. The smallest absolute Gasteiger partial charge is 0.119 e. The molecule has 2 aromatic rings. The maximum absolute atomic E-state index is 6.09. The molecule has 0 spiro atoms. The van der Waals surface area contributed by atoms with E-state index >= 15 is 0 Å². The van der Waals surface area contributed by atoms with Crippen molar-refractivity contribution >= 4 is 0 Å². The first kappa shape index (κ1) is 25.5. The number of hydrogen-bond donors (Lipinski definition) is 2. The van der Waals surface area contributed by atoms with Crippen LogP contribution in [0.2, 0.25) is 0 Å². The number of hydrogen-bond acceptors (Lipinski definition) is 7. The van der Waals surface area contributed by atoms with Gasteiger partial charge in [0, 0.05) is 44.4 Å². The average Bonchev–Trinajstić information content (AvgIpc) is 3.30. The Morgan fingerprint density at radius 2 is 1.67 bits per heavy atom. The summed E-state index contributed by atoms with van der Waals surface area (Å²) in [7, 11) is 5.81. The Morgan fingerprint density at radius 3 is 2.30 bits per heavy atom. The summed E-state index contributed by atoms with van der Waals surface area (Å²) in [5.74, 6) is 2.16. The van der Waals surface area contributed by atoms with E-state index < -0.39 is 0 Å². The summed E-state index contributed by atoms with van der Waals surface area (Å²) in [5, 5.41) is 10.9. The summed E-state index contributed by atoms with van der Waals surface area (Å²) in [6.45, 7) is 5.22. The molecule has 8 heteroatoms. The molecule has 0 saturated heterocycles. The van der Waals surface area contributed by atoms with Gasteiger partial charge in [-0.05, 0) is 64.0 Å². The Morgan fingerprint density at radius 1 is 1.00 bits per heavy atom. The molecule has 184 valence electrons. The molecule has 1 aromatic heterocycles. The van der Waals surface area contributed by atoms with E-state index in [1.54, 1.807) is 7.11 Å². The highest BCUT2D eigenvalue weighted by atomic mass is 16.5. The van der Waals surface area contributed by atoms with E-state index in [0.29, 0.717) is 38.4 Å². The second-order valence-corrected chi connectivity index (χ2v) is 8.64. The lowest BCUT2D eigenvalue weighted by molar-refractivity contribution is 0.00949. The zero-order valence-electron chi connectivity index (χ0n) is 20.3. The fourth-order valence-corrected chi connectivity index (χ4v) is 4.23. The lowest BCUT2D eigenvalue weighted by atomic mass is 9.84. The Balaban J connectivity index is 1.32. The van der Waals surface area contributed by atoms with Crippen LogP contribution in [0.25, 0.3) is 0 Å². The van der Waals surface area contributed by atoms with Gasteiger partial charge in [0.2, 0.25) is 0 Å². The molecule has 0 atom stereocenters. The van der Waals surface area contributed by atoms with Crippen LogP contribution < -0.4 is 14.8 Å². The Hall–Kier alpha value is -2.13. The normalized spacial score (nSPS) is 18.5. The molecule has 1 aliphatic rings. The van der Waals surface area contributed by atoms with Gasteiger partial charge in [-0.25, -0.2) is 0 Å². The number of likely N-dealkylation sites (N-methyl/N-ethyl adjacent to an activating group) is 2. The molecule has 1 aliphatic carbocycles. The van der Waals surface area contributed by atoms with E-state index in [9.17, 15) is 0 Å². The molecule has 0 amide bonds. The number of H-pyrrole nitrogens is 1. The summed E-state index contributed by atoms with van der Waals surface area (Å²) in [4.78, 5) is 2.33. The second-order valence-electron chi connectivity index (χ2n) is 8.64. The Kier molecular flexibility index (Phi) is 11.0. The number of aromatic nitrogens is 2. The molecule has 8 nitrogen and oxygen atoms in total. The standard InChI is InChI=1S/C25H40N4O4/c1-26-12-13-29(2)19-21-18-27-28-25(21)20-4-6-22(7-5-20)32-16-17-33-24-10-8-23(9-11-24)31-15-14-30-3/h8-11,18,20,22,26H,4-7,12-17,19H2,1-3H3,(H,27,28)/t20-,22+. The predicted octanol–water partition coefficient (Wildman–Crippen LogP) is 3.21.